The summed E-state index contributed by atoms with van der Waals surface area (Å²) in [5.74, 6) is -0.925. The molecule has 2 aromatic rings. The van der Waals surface area contributed by atoms with E-state index in [1.165, 1.54) is 18.6 Å². The molecule has 2 fully saturated rings. The van der Waals surface area contributed by atoms with E-state index in [1.807, 2.05) is 4.90 Å². The lowest BCUT2D eigenvalue weighted by atomic mass is 9.94. The topological polar surface area (TPSA) is 109 Å². The van der Waals surface area contributed by atoms with Crippen molar-refractivity contribution in [2.75, 3.05) is 11.9 Å². The SMILES string of the molecule is O=C(Nc1nnc(CS(=O)(=O)c2ccccc2)s1)C1CC(=O)N(C2CCCCC2)C1. The summed E-state index contributed by atoms with van der Waals surface area (Å²) in [7, 11) is -3.53. The van der Waals surface area contributed by atoms with E-state index in [0.717, 1.165) is 37.0 Å². The number of hydrogen-bond donors (Lipinski definition) is 1. The molecule has 1 aromatic carbocycles. The molecule has 0 radical (unpaired) electrons. The van der Waals surface area contributed by atoms with Gasteiger partial charge in [-0.15, -0.1) is 10.2 Å². The molecule has 1 atom stereocenters. The molecule has 160 valence electrons. The number of anilines is 1. The molecular formula is C20H24N4O4S2. The Bertz CT molecular complexity index is 1020. The van der Waals surface area contributed by atoms with E-state index in [2.05, 4.69) is 15.5 Å². The van der Waals surface area contributed by atoms with Gasteiger partial charge in [-0.2, -0.15) is 0 Å². The molecule has 1 aliphatic carbocycles. The van der Waals surface area contributed by atoms with Gasteiger partial charge in [-0.05, 0) is 25.0 Å². The number of nitrogens with one attached hydrogen (secondary N) is 1. The average Bonchev–Trinajstić information content (AvgIpc) is 3.35. The predicted octanol–water partition coefficient (Wildman–Crippen LogP) is 2.63. The minimum Gasteiger partial charge on any atom is -0.339 e. The standard InChI is InChI=1S/C20H24N4O4S2/c25-18-11-14(12-24(18)15-7-3-1-4-8-15)19(26)21-20-23-22-17(29-20)13-30(27,28)16-9-5-2-6-10-16/h2,5-6,9-10,14-15H,1,3-4,7-8,11-13H2,(H,21,23,26). The van der Waals surface area contributed by atoms with Crippen molar-refractivity contribution in [2.45, 2.75) is 55.2 Å². The number of benzene rings is 1. The van der Waals surface area contributed by atoms with Crippen LogP contribution in [0.2, 0.25) is 0 Å². The van der Waals surface area contributed by atoms with Gasteiger partial charge in [0.15, 0.2) is 9.84 Å². The van der Waals surface area contributed by atoms with Crippen molar-refractivity contribution in [3.63, 3.8) is 0 Å². The third kappa shape index (κ3) is 4.70. The molecule has 0 bridgehead atoms. The van der Waals surface area contributed by atoms with Gasteiger partial charge in [-0.25, -0.2) is 8.42 Å². The molecule has 2 heterocycles. The first-order valence-electron chi connectivity index (χ1n) is 10.1. The normalized spacial score (nSPS) is 20.5. The molecule has 2 amide bonds. The van der Waals surface area contributed by atoms with Crippen molar-refractivity contribution in [3.05, 3.63) is 35.3 Å². The van der Waals surface area contributed by atoms with Crippen LogP contribution < -0.4 is 5.32 Å². The fourth-order valence-corrected chi connectivity index (χ4v) is 6.46. The number of aromatic nitrogens is 2. The summed E-state index contributed by atoms with van der Waals surface area (Å²) in [5.41, 5.74) is 0. The summed E-state index contributed by atoms with van der Waals surface area (Å²) in [5, 5.41) is 11.1. The molecular weight excluding hydrogens is 424 g/mol. The monoisotopic (exact) mass is 448 g/mol. The molecule has 1 aromatic heterocycles. The lowest BCUT2D eigenvalue weighted by Gasteiger charge is -2.31. The fourth-order valence-electron chi connectivity index (χ4n) is 4.10. The van der Waals surface area contributed by atoms with Gasteiger partial charge >= 0.3 is 0 Å². The maximum Gasteiger partial charge on any atom is 0.231 e. The zero-order valence-electron chi connectivity index (χ0n) is 16.5. The lowest BCUT2D eigenvalue weighted by molar-refractivity contribution is -0.130. The number of carbonyl (C=O) groups excluding carboxylic acids is 2. The summed E-state index contributed by atoms with van der Waals surface area (Å²) in [6.07, 6.45) is 5.69. The zero-order chi connectivity index (χ0) is 21.1. The first kappa shape index (κ1) is 20.9. The van der Waals surface area contributed by atoms with E-state index < -0.39 is 15.8 Å². The Hall–Kier alpha value is -2.33. The minimum atomic E-state index is -3.53. The average molecular weight is 449 g/mol. The Morgan fingerprint density at radius 3 is 2.60 bits per heavy atom. The third-order valence-electron chi connectivity index (χ3n) is 5.66. The molecule has 4 rings (SSSR count). The molecule has 10 heteroatoms. The van der Waals surface area contributed by atoms with Gasteiger partial charge in [0.25, 0.3) is 0 Å². The Kier molecular flexibility index (Phi) is 6.14. The number of sulfone groups is 1. The molecule has 1 aliphatic heterocycles. The van der Waals surface area contributed by atoms with Crippen molar-refractivity contribution in [1.29, 1.82) is 0 Å². The van der Waals surface area contributed by atoms with Crippen molar-refractivity contribution in [1.82, 2.24) is 15.1 Å². The summed E-state index contributed by atoms with van der Waals surface area (Å²) in [4.78, 5) is 27.1. The second kappa shape index (κ2) is 8.81. The summed E-state index contributed by atoms with van der Waals surface area (Å²) >= 11 is 1.04. The van der Waals surface area contributed by atoms with Gasteiger partial charge in [-0.3, -0.25) is 9.59 Å². The molecule has 1 saturated carbocycles. The smallest absolute Gasteiger partial charge is 0.231 e. The zero-order valence-corrected chi connectivity index (χ0v) is 18.1. The second-order valence-electron chi connectivity index (χ2n) is 7.80. The van der Waals surface area contributed by atoms with Crippen LogP contribution in [0.1, 0.15) is 43.5 Å². The molecule has 1 unspecified atom stereocenters. The van der Waals surface area contributed by atoms with Crippen molar-refractivity contribution in [3.8, 4) is 0 Å². The van der Waals surface area contributed by atoms with Crippen molar-refractivity contribution < 1.29 is 18.0 Å². The largest absolute Gasteiger partial charge is 0.339 e. The van der Waals surface area contributed by atoms with Crippen LogP contribution in [0.5, 0.6) is 0 Å². The summed E-state index contributed by atoms with van der Waals surface area (Å²) in [6, 6.07) is 8.40. The number of nitrogens with zero attached hydrogens (tertiary/aromatic N) is 3. The van der Waals surface area contributed by atoms with Gasteiger partial charge in [0.2, 0.25) is 16.9 Å². The highest BCUT2D eigenvalue weighted by atomic mass is 32.2. The van der Waals surface area contributed by atoms with Gasteiger partial charge in [-0.1, -0.05) is 48.8 Å². The Morgan fingerprint density at radius 2 is 1.87 bits per heavy atom. The van der Waals surface area contributed by atoms with Crippen LogP contribution in [-0.4, -0.2) is 47.9 Å². The van der Waals surface area contributed by atoms with Crippen LogP contribution in [0.25, 0.3) is 0 Å². The summed E-state index contributed by atoms with van der Waals surface area (Å²) < 4.78 is 24.9. The molecule has 1 N–H and O–H groups in total. The number of hydrogen-bond acceptors (Lipinski definition) is 7. The summed E-state index contributed by atoms with van der Waals surface area (Å²) in [6.45, 7) is 0.434. The first-order valence-corrected chi connectivity index (χ1v) is 12.6. The van der Waals surface area contributed by atoms with Crippen LogP contribution >= 0.6 is 11.3 Å². The van der Waals surface area contributed by atoms with Crippen molar-refractivity contribution >= 4 is 38.1 Å². The molecule has 2 aliphatic rings. The van der Waals surface area contributed by atoms with Gasteiger partial charge in [0, 0.05) is 19.0 Å². The number of likely N-dealkylation sites (tertiary alicyclic amines) is 1. The maximum absolute atomic E-state index is 12.6. The van der Waals surface area contributed by atoms with Gasteiger partial charge < -0.3 is 10.2 Å². The van der Waals surface area contributed by atoms with Crippen LogP contribution in [0.15, 0.2) is 35.2 Å². The van der Waals surface area contributed by atoms with E-state index in [-0.39, 0.29) is 40.1 Å². The Labute approximate surface area is 179 Å². The second-order valence-corrected chi connectivity index (χ2v) is 10.9. The molecule has 30 heavy (non-hydrogen) atoms. The number of rotatable bonds is 6. The van der Waals surface area contributed by atoms with Crippen LogP contribution in [0.3, 0.4) is 0 Å². The lowest BCUT2D eigenvalue weighted by Crippen LogP contribution is -2.38. The predicted molar refractivity (Wildman–Crippen MR) is 113 cm³/mol. The van der Waals surface area contributed by atoms with E-state index in [1.54, 1.807) is 18.2 Å². The highest BCUT2D eigenvalue weighted by molar-refractivity contribution is 7.90. The highest BCUT2D eigenvalue weighted by Crippen LogP contribution is 2.29. The van der Waals surface area contributed by atoms with Crippen molar-refractivity contribution in [2.24, 2.45) is 5.92 Å². The Morgan fingerprint density at radius 1 is 1.13 bits per heavy atom. The van der Waals surface area contributed by atoms with E-state index in [0.29, 0.717) is 11.6 Å². The van der Waals surface area contributed by atoms with E-state index >= 15 is 0 Å². The Balaban J connectivity index is 1.36. The van der Waals surface area contributed by atoms with E-state index in [4.69, 9.17) is 0 Å². The number of carbonyl (C=O) groups is 2. The highest BCUT2D eigenvalue weighted by Gasteiger charge is 2.38. The molecule has 1 saturated heterocycles. The van der Waals surface area contributed by atoms with Crippen LogP contribution in [-0.2, 0) is 25.2 Å². The fraction of sp³-hybridized carbons (Fsp3) is 0.500. The van der Waals surface area contributed by atoms with Crippen LogP contribution in [0.4, 0.5) is 5.13 Å². The molecule has 0 spiro atoms. The van der Waals surface area contributed by atoms with Crippen LogP contribution in [0, 0.1) is 5.92 Å². The first-order chi connectivity index (χ1) is 14.4. The number of amides is 2. The minimum absolute atomic E-state index is 0.0361. The quantitative estimate of drug-likeness (QED) is 0.728. The third-order valence-corrected chi connectivity index (χ3v) is 8.32. The molecule has 8 nitrogen and oxygen atoms in total. The van der Waals surface area contributed by atoms with E-state index in [9.17, 15) is 18.0 Å². The van der Waals surface area contributed by atoms with Gasteiger partial charge in [0.05, 0.1) is 10.8 Å². The van der Waals surface area contributed by atoms with Gasteiger partial charge in [0.1, 0.15) is 10.8 Å². The maximum atomic E-state index is 12.6.